The number of rotatable bonds is 5. The van der Waals surface area contributed by atoms with Crippen molar-refractivity contribution in [2.24, 2.45) is 0 Å². The van der Waals surface area contributed by atoms with Crippen molar-refractivity contribution in [1.29, 1.82) is 0 Å². The summed E-state index contributed by atoms with van der Waals surface area (Å²) in [6.45, 7) is 3.80. The van der Waals surface area contributed by atoms with E-state index in [9.17, 15) is 15.0 Å². The van der Waals surface area contributed by atoms with Crippen LogP contribution in [0.2, 0.25) is 0 Å². The molecule has 0 aromatic heterocycles. The minimum absolute atomic E-state index is 0.244. The zero-order valence-electron chi connectivity index (χ0n) is 10.6. The van der Waals surface area contributed by atoms with Gasteiger partial charge in [-0.15, -0.1) is 0 Å². The smallest absolute Gasteiger partial charge is 0.308 e. The predicted octanol–water partition coefficient (Wildman–Crippen LogP) is 0.925. The Bertz CT molecular complexity index is 419. The molecule has 0 fully saturated rings. The molecule has 0 radical (unpaired) electrons. The minimum atomic E-state index is -1.23. The number of carbonyl (C=O) groups excluding carboxylic acids is 1. The number of nitrogen functional groups attached to an aromatic ring is 1. The molecule has 0 spiro atoms. The van der Waals surface area contributed by atoms with E-state index in [2.05, 4.69) is 0 Å². The molecule has 1 aromatic rings. The predicted molar refractivity (Wildman–Crippen MR) is 67.8 cm³/mol. The lowest BCUT2D eigenvalue weighted by Gasteiger charge is -2.19. The van der Waals surface area contributed by atoms with Crippen molar-refractivity contribution in [3.63, 3.8) is 0 Å². The van der Waals surface area contributed by atoms with Crippen LogP contribution in [0.25, 0.3) is 0 Å². The van der Waals surface area contributed by atoms with Crippen molar-refractivity contribution in [2.45, 2.75) is 32.5 Å². The Labute approximate surface area is 106 Å². The lowest BCUT2D eigenvalue weighted by molar-refractivity contribution is -0.147. The largest absolute Gasteiger partial charge is 0.466 e. The average Bonchev–Trinajstić information content (AvgIpc) is 2.28. The van der Waals surface area contributed by atoms with Crippen molar-refractivity contribution >= 4 is 11.7 Å². The molecule has 2 unspecified atom stereocenters. The van der Waals surface area contributed by atoms with Crippen LogP contribution in [-0.4, -0.2) is 28.9 Å². The minimum Gasteiger partial charge on any atom is -0.466 e. The standard InChI is InChI=1S/C13H19NO4/c1-3-18-12(16)7-11(15)13(17)9-5-4-8(2)6-10(9)14/h4-6,11,13,15,17H,3,7,14H2,1-2H3. The van der Waals surface area contributed by atoms with Crippen LogP contribution in [0.4, 0.5) is 5.69 Å². The van der Waals surface area contributed by atoms with Crippen molar-refractivity contribution in [3.8, 4) is 0 Å². The van der Waals surface area contributed by atoms with Crippen LogP contribution in [-0.2, 0) is 9.53 Å². The fourth-order valence-corrected chi connectivity index (χ4v) is 1.67. The van der Waals surface area contributed by atoms with Gasteiger partial charge in [0.05, 0.1) is 19.1 Å². The molecule has 5 heteroatoms. The zero-order chi connectivity index (χ0) is 13.7. The highest BCUT2D eigenvalue weighted by Crippen LogP contribution is 2.25. The molecule has 0 aliphatic carbocycles. The molecule has 5 nitrogen and oxygen atoms in total. The lowest BCUT2D eigenvalue weighted by atomic mass is 9.99. The van der Waals surface area contributed by atoms with Crippen LogP contribution in [0.1, 0.15) is 30.6 Å². The number of hydrogen-bond acceptors (Lipinski definition) is 5. The van der Waals surface area contributed by atoms with E-state index in [1.54, 1.807) is 25.1 Å². The van der Waals surface area contributed by atoms with Gasteiger partial charge in [0.25, 0.3) is 0 Å². The van der Waals surface area contributed by atoms with Gasteiger partial charge in [-0.25, -0.2) is 0 Å². The fourth-order valence-electron chi connectivity index (χ4n) is 1.67. The number of anilines is 1. The highest BCUT2D eigenvalue weighted by molar-refractivity contribution is 5.70. The summed E-state index contributed by atoms with van der Waals surface area (Å²) in [6, 6.07) is 5.13. The summed E-state index contributed by atoms with van der Waals surface area (Å²) >= 11 is 0. The number of aryl methyl sites for hydroxylation is 1. The quantitative estimate of drug-likeness (QED) is 0.536. The highest BCUT2D eigenvalue weighted by atomic mass is 16.5. The third-order valence-corrected chi connectivity index (χ3v) is 2.61. The Morgan fingerprint density at radius 2 is 2.11 bits per heavy atom. The third-order valence-electron chi connectivity index (χ3n) is 2.61. The van der Waals surface area contributed by atoms with E-state index in [1.807, 2.05) is 6.92 Å². The van der Waals surface area contributed by atoms with Gasteiger partial charge in [-0.3, -0.25) is 4.79 Å². The molecular formula is C13H19NO4. The maximum atomic E-state index is 11.2. The van der Waals surface area contributed by atoms with Gasteiger partial charge in [-0.1, -0.05) is 12.1 Å². The number of aliphatic hydroxyl groups excluding tert-OH is 2. The van der Waals surface area contributed by atoms with Gasteiger partial charge in [-0.2, -0.15) is 0 Å². The second-order valence-electron chi connectivity index (χ2n) is 4.15. The maximum absolute atomic E-state index is 11.2. The molecule has 0 heterocycles. The van der Waals surface area contributed by atoms with Gasteiger partial charge in [0.1, 0.15) is 6.10 Å². The van der Waals surface area contributed by atoms with Crippen LogP contribution < -0.4 is 5.73 Å². The topological polar surface area (TPSA) is 92.8 Å². The first-order valence-corrected chi connectivity index (χ1v) is 5.83. The number of esters is 1. The summed E-state index contributed by atoms with van der Waals surface area (Å²) in [4.78, 5) is 11.2. The van der Waals surface area contributed by atoms with Crippen LogP contribution in [0.15, 0.2) is 18.2 Å². The summed E-state index contributed by atoms with van der Waals surface area (Å²) in [5, 5.41) is 19.7. The first-order valence-electron chi connectivity index (χ1n) is 5.83. The Morgan fingerprint density at radius 1 is 1.44 bits per heavy atom. The Kier molecular flexibility index (Phi) is 5.12. The molecule has 0 saturated carbocycles. The first kappa shape index (κ1) is 14.5. The van der Waals surface area contributed by atoms with Gasteiger partial charge in [0, 0.05) is 11.3 Å². The molecule has 0 amide bonds. The average molecular weight is 253 g/mol. The number of carbonyl (C=O) groups is 1. The second-order valence-corrected chi connectivity index (χ2v) is 4.15. The summed E-state index contributed by atoms with van der Waals surface area (Å²) in [5.74, 6) is -0.547. The van der Waals surface area contributed by atoms with Gasteiger partial charge in [0.2, 0.25) is 0 Å². The molecule has 100 valence electrons. The van der Waals surface area contributed by atoms with Crippen molar-refractivity contribution in [1.82, 2.24) is 0 Å². The summed E-state index contributed by atoms with van der Waals surface area (Å²) in [7, 11) is 0. The molecular weight excluding hydrogens is 234 g/mol. The Hall–Kier alpha value is -1.59. The number of ether oxygens (including phenoxy) is 1. The number of nitrogens with two attached hydrogens (primary N) is 1. The SMILES string of the molecule is CCOC(=O)CC(O)C(O)c1ccc(C)cc1N. The number of aliphatic hydroxyl groups is 2. The maximum Gasteiger partial charge on any atom is 0.308 e. The zero-order valence-corrected chi connectivity index (χ0v) is 10.6. The van der Waals surface area contributed by atoms with Crippen LogP contribution in [0.3, 0.4) is 0 Å². The highest BCUT2D eigenvalue weighted by Gasteiger charge is 2.23. The Balaban J connectivity index is 2.73. The van der Waals surface area contributed by atoms with Gasteiger partial charge < -0.3 is 20.7 Å². The van der Waals surface area contributed by atoms with Crippen molar-refractivity contribution < 1.29 is 19.7 Å². The van der Waals surface area contributed by atoms with E-state index >= 15 is 0 Å². The van der Waals surface area contributed by atoms with Crippen LogP contribution >= 0.6 is 0 Å². The molecule has 0 saturated heterocycles. The van der Waals surface area contributed by atoms with Gasteiger partial charge in [0.15, 0.2) is 0 Å². The van der Waals surface area contributed by atoms with Crippen LogP contribution in [0.5, 0.6) is 0 Å². The van der Waals surface area contributed by atoms with E-state index in [0.717, 1.165) is 5.56 Å². The van der Waals surface area contributed by atoms with Gasteiger partial charge >= 0.3 is 5.97 Å². The monoisotopic (exact) mass is 253 g/mol. The molecule has 1 aromatic carbocycles. The number of hydrogen-bond donors (Lipinski definition) is 3. The Morgan fingerprint density at radius 3 is 2.67 bits per heavy atom. The lowest BCUT2D eigenvalue weighted by Crippen LogP contribution is -2.23. The molecule has 18 heavy (non-hydrogen) atoms. The van der Waals surface area contributed by atoms with Crippen molar-refractivity contribution in [3.05, 3.63) is 29.3 Å². The van der Waals surface area contributed by atoms with E-state index in [0.29, 0.717) is 11.3 Å². The van der Waals surface area contributed by atoms with E-state index in [1.165, 1.54) is 0 Å². The first-order chi connectivity index (χ1) is 8.45. The van der Waals surface area contributed by atoms with Crippen LogP contribution in [0, 0.1) is 6.92 Å². The molecule has 0 aliphatic heterocycles. The van der Waals surface area contributed by atoms with Gasteiger partial charge in [-0.05, 0) is 25.5 Å². The van der Waals surface area contributed by atoms with E-state index in [4.69, 9.17) is 10.5 Å². The van der Waals surface area contributed by atoms with E-state index < -0.39 is 18.2 Å². The summed E-state index contributed by atoms with van der Waals surface area (Å²) in [5.41, 5.74) is 7.53. The molecule has 2 atom stereocenters. The number of benzene rings is 1. The normalized spacial score (nSPS) is 14.0. The molecule has 0 bridgehead atoms. The fraction of sp³-hybridized carbons (Fsp3) is 0.462. The second kappa shape index (κ2) is 6.37. The van der Waals surface area contributed by atoms with Crippen molar-refractivity contribution in [2.75, 3.05) is 12.3 Å². The summed E-state index contributed by atoms with van der Waals surface area (Å²) in [6.07, 6.45) is -2.69. The van der Waals surface area contributed by atoms with E-state index in [-0.39, 0.29) is 13.0 Å². The summed E-state index contributed by atoms with van der Waals surface area (Å²) < 4.78 is 4.71. The third kappa shape index (κ3) is 3.72. The molecule has 4 N–H and O–H groups in total. The molecule has 1 rings (SSSR count). The molecule has 0 aliphatic rings.